The third-order valence-corrected chi connectivity index (χ3v) is 4.50. The van der Waals surface area contributed by atoms with Gasteiger partial charge in [0.05, 0.1) is 0 Å². The second-order valence-corrected chi connectivity index (χ2v) is 6.30. The Morgan fingerprint density at radius 3 is 2.60 bits per heavy atom. The summed E-state index contributed by atoms with van der Waals surface area (Å²) in [5.41, 5.74) is 3.00. The lowest BCUT2D eigenvalue weighted by Gasteiger charge is -2.38. The monoisotopic (exact) mass is 267 g/mol. The summed E-state index contributed by atoms with van der Waals surface area (Å²) < 4.78 is 0. The molecule has 2 aliphatic rings. The molecule has 1 aromatic carbocycles. The SMILES string of the molecule is CC1CN(CCC(C2=CCCC=C2)c2ccccc2)C1. The van der Waals surface area contributed by atoms with Gasteiger partial charge in [-0.3, -0.25) is 0 Å². The van der Waals surface area contributed by atoms with Gasteiger partial charge in [-0.05, 0) is 42.9 Å². The van der Waals surface area contributed by atoms with Crippen LogP contribution in [0.2, 0.25) is 0 Å². The van der Waals surface area contributed by atoms with Crippen LogP contribution in [-0.2, 0) is 0 Å². The molecule has 1 heterocycles. The van der Waals surface area contributed by atoms with E-state index in [1.165, 1.54) is 50.0 Å². The number of allylic oxidation sites excluding steroid dienone is 4. The molecule has 0 radical (unpaired) electrons. The minimum absolute atomic E-state index is 0.573. The van der Waals surface area contributed by atoms with Crippen LogP contribution in [-0.4, -0.2) is 24.5 Å². The summed E-state index contributed by atoms with van der Waals surface area (Å²) in [6.45, 7) is 6.15. The molecule has 1 nitrogen and oxygen atoms in total. The Balaban J connectivity index is 1.70. The van der Waals surface area contributed by atoms with E-state index in [1.807, 2.05) is 0 Å². The normalized spacial score (nSPS) is 21.4. The average Bonchev–Trinajstić information content (AvgIpc) is 2.48. The zero-order chi connectivity index (χ0) is 13.8. The number of rotatable bonds is 5. The predicted octanol–water partition coefficient (Wildman–Crippen LogP) is 4.39. The molecule has 0 bridgehead atoms. The molecule has 106 valence electrons. The van der Waals surface area contributed by atoms with Crippen LogP contribution < -0.4 is 0 Å². The molecule has 1 unspecified atom stereocenters. The molecule has 0 spiro atoms. The molecule has 1 heteroatoms. The minimum atomic E-state index is 0.573. The Morgan fingerprint density at radius 1 is 1.15 bits per heavy atom. The summed E-state index contributed by atoms with van der Waals surface area (Å²) in [4.78, 5) is 2.59. The van der Waals surface area contributed by atoms with Crippen LogP contribution in [0.3, 0.4) is 0 Å². The molecule has 0 N–H and O–H groups in total. The molecule has 1 aromatic rings. The Labute approximate surface area is 123 Å². The first kappa shape index (κ1) is 13.6. The predicted molar refractivity (Wildman–Crippen MR) is 85.9 cm³/mol. The first-order valence-electron chi connectivity index (χ1n) is 7.97. The average molecular weight is 267 g/mol. The molecule has 0 aromatic heterocycles. The number of hydrogen-bond acceptors (Lipinski definition) is 1. The topological polar surface area (TPSA) is 3.24 Å². The Morgan fingerprint density at radius 2 is 1.95 bits per heavy atom. The lowest BCUT2D eigenvalue weighted by atomic mass is 9.85. The van der Waals surface area contributed by atoms with Gasteiger partial charge >= 0.3 is 0 Å². The van der Waals surface area contributed by atoms with E-state index in [2.05, 4.69) is 60.4 Å². The Hall–Kier alpha value is -1.34. The van der Waals surface area contributed by atoms with Crippen LogP contribution in [0.5, 0.6) is 0 Å². The maximum absolute atomic E-state index is 2.59. The third kappa shape index (κ3) is 3.21. The van der Waals surface area contributed by atoms with Gasteiger partial charge in [0.2, 0.25) is 0 Å². The van der Waals surface area contributed by atoms with Crippen LogP contribution in [0.1, 0.15) is 37.7 Å². The maximum atomic E-state index is 2.59. The van der Waals surface area contributed by atoms with E-state index in [-0.39, 0.29) is 0 Å². The van der Waals surface area contributed by atoms with Crippen molar-refractivity contribution in [2.24, 2.45) is 5.92 Å². The maximum Gasteiger partial charge on any atom is 0.00982 e. The van der Waals surface area contributed by atoms with Gasteiger partial charge in [-0.1, -0.05) is 55.5 Å². The van der Waals surface area contributed by atoms with Crippen molar-refractivity contribution < 1.29 is 0 Å². The van der Waals surface area contributed by atoms with E-state index in [0.29, 0.717) is 5.92 Å². The van der Waals surface area contributed by atoms with Crippen molar-refractivity contribution in [2.45, 2.75) is 32.1 Å². The largest absolute Gasteiger partial charge is 0.303 e. The fourth-order valence-corrected chi connectivity index (χ4v) is 3.43. The summed E-state index contributed by atoms with van der Waals surface area (Å²) in [6, 6.07) is 11.0. The molecular weight excluding hydrogens is 242 g/mol. The van der Waals surface area contributed by atoms with Gasteiger partial charge in [-0.15, -0.1) is 0 Å². The molecule has 1 saturated heterocycles. The molecule has 1 aliphatic carbocycles. The first-order chi connectivity index (χ1) is 9.83. The van der Waals surface area contributed by atoms with Crippen molar-refractivity contribution in [3.8, 4) is 0 Å². The number of nitrogens with zero attached hydrogens (tertiary/aromatic N) is 1. The van der Waals surface area contributed by atoms with Gasteiger partial charge in [0.1, 0.15) is 0 Å². The quantitative estimate of drug-likeness (QED) is 0.765. The standard InChI is InChI=1S/C19H25N/c1-16-14-20(15-16)13-12-19(17-8-4-2-5-9-17)18-10-6-3-7-11-18/h2,4-6,8-11,16,19H,3,7,12-15H2,1H3. The summed E-state index contributed by atoms with van der Waals surface area (Å²) in [5, 5.41) is 0. The molecular formula is C19H25N. The molecule has 1 aliphatic heterocycles. The van der Waals surface area contributed by atoms with Crippen LogP contribution in [0.4, 0.5) is 0 Å². The summed E-state index contributed by atoms with van der Waals surface area (Å²) in [6.07, 6.45) is 10.8. The van der Waals surface area contributed by atoms with Gasteiger partial charge in [-0.2, -0.15) is 0 Å². The van der Waals surface area contributed by atoms with Gasteiger partial charge in [0.25, 0.3) is 0 Å². The van der Waals surface area contributed by atoms with Crippen LogP contribution in [0.25, 0.3) is 0 Å². The second kappa shape index (κ2) is 6.41. The lowest BCUT2D eigenvalue weighted by molar-refractivity contribution is 0.110. The summed E-state index contributed by atoms with van der Waals surface area (Å²) >= 11 is 0. The molecule has 1 atom stereocenters. The van der Waals surface area contributed by atoms with Gasteiger partial charge < -0.3 is 4.90 Å². The van der Waals surface area contributed by atoms with Crippen molar-refractivity contribution in [2.75, 3.05) is 19.6 Å². The molecule has 0 saturated carbocycles. The fourth-order valence-electron chi connectivity index (χ4n) is 3.43. The van der Waals surface area contributed by atoms with Gasteiger partial charge in [-0.25, -0.2) is 0 Å². The zero-order valence-electron chi connectivity index (χ0n) is 12.5. The van der Waals surface area contributed by atoms with E-state index >= 15 is 0 Å². The number of hydrogen-bond donors (Lipinski definition) is 0. The lowest BCUT2D eigenvalue weighted by Crippen LogP contribution is -2.45. The Bertz CT molecular complexity index is 480. The van der Waals surface area contributed by atoms with Gasteiger partial charge in [0.15, 0.2) is 0 Å². The molecule has 1 fully saturated rings. The first-order valence-corrected chi connectivity index (χ1v) is 7.97. The van der Waals surface area contributed by atoms with E-state index in [4.69, 9.17) is 0 Å². The zero-order valence-corrected chi connectivity index (χ0v) is 12.5. The van der Waals surface area contributed by atoms with Crippen LogP contribution in [0, 0.1) is 5.92 Å². The third-order valence-electron chi connectivity index (χ3n) is 4.50. The minimum Gasteiger partial charge on any atom is -0.303 e. The van der Waals surface area contributed by atoms with E-state index in [1.54, 1.807) is 0 Å². The van der Waals surface area contributed by atoms with Crippen molar-refractivity contribution in [3.63, 3.8) is 0 Å². The van der Waals surface area contributed by atoms with Crippen molar-refractivity contribution in [3.05, 3.63) is 59.7 Å². The molecule has 3 rings (SSSR count). The van der Waals surface area contributed by atoms with Crippen LogP contribution in [0.15, 0.2) is 54.1 Å². The van der Waals surface area contributed by atoms with E-state index in [9.17, 15) is 0 Å². The molecule has 20 heavy (non-hydrogen) atoms. The highest BCUT2D eigenvalue weighted by Gasteiger charge is 2.24. The number of benzene rings is 1. The molecule has 0 amide bonds. The highest BCUT2D eigenvalue weighted by atomic mass is 15.2. The highest BCUT2D eigenvalue weighted by molar-refractivity contribution is 5.36. The number of likely N-dealkylation sites (tertiary alicyclic amines) is 1. The Kier molecular flexibility index (Phi) is 4.37. The van der Waals surface area contributed by atoms with Crippen molar-refractivity contribution in [1.29, 1.82) is 0 Å². The van der Waals surface area contributed by atoms with Crippen LogP contribution >= 0.6 is 0 Å². The highest BCUT2D eigenvalue weighted by Crippen LogP contribution is 2.32. The second-order valence-electron chi connectivity index (χ2n) is 6.30. The fraction of sp³-hybridized carbons (Fsp3) is 0.474. The van der Waals surface area contributed by atoms with E-state index < -0.39 is 0 Å². The summed E-state index contributed by atoms with van der Waals surface area (Å²) in [7, 11) is 0. The van der Waals surface area contributed by atoms with Gasteiger partial charge in [0, 0.05) is 19.0 Å². The summed E-state index contributed by atoms with van der Waals surface area (Å²) in [5.74, 6) is 1.47. The van der Waals surface area contributed by atoms with Crippen molar-refractivity contribution in [1.82, 2.24) is 4.90 Å². The van der Waals surface area contributed by atoms with Crippen molar-refractivity contribution >= 4 is 0 Å². The smallest absolute Gasteiger partial charge is 0.00982 e. The van der Waals surface area contributed by atoms with E-state index in [0.717, 1.165) is 5.92 Å².